The Morgan fingerprint density at radius 1 is 1.50 bits per heavy atom. The molecule has 4 nitrogen and oxygen atoms in total. The first-order chi connectivity index (χ1) is 12.5. The minimum absolute atomic E-state index is 0.0408. The molecule has 3 atom stereocenters. The summed E-state index contributed by atoms with van der Waals surface area (Å²) in [5.41, 5.74) is 1.33. The third kappa shape index (κ3) is 4.58. The number of carbonyl (C=O) groups excluding carboxylic acids is 1. The first kappa shape index (κ1) is 19.6. The number of nitrogens with zero attached hydrogens (tertiary/aromatic N) is 2. The molecule has 0 aromatic carbocycles. The third-order valence-corrected chi connectivity index (χ3v) is 6.36. The van der Waals surface area contributed by atoms with E-state index in [0.29, 0.717) is 6.54 Å². The smallest absolute Gasteiger partial charge is 0.324 e. The number of carbonyl (C=O) groups is 1. The molecule has 0 spiro atoms. The van der Waals surface area contributed by atoms with Gasteiger partial charge in [-0.25, -0.2) is 0 Å². The van der Waals surface area contributed by atoms with Crippen LogP contribution in [0.5, 0.6) is 0 Å². The Morgan fingerprint density at radius 2 is 2.31 bits per heavy atom. The summed E-state index contributed by atoms with van der Waals surface area (Å²) in [6.45, 7) is 4.30. The predicted octanol–water partition coefficient (Wildman–Crippen LogP) is 3.67. The molecule has 1 aliphatic heterocycles. The van der Waals surface area contributed by atoms with Gasteiger partial charge in [0.05, 0.1) is 0 Å². The first-order valence-corrected chi connectivity index (χ1v) is 10.4. The normalized spacial score (nSPS) is 22.7. The van der Waals surface area contributed by atoms with Crippen LogP contribution in [0.1, 0.15) is 23.8 Å². The topological polar surface area (TPSA) is 32.8 Å². The molecule has 0 radical (unpaired) electrons. The zero-order chi connectivity index (χ0) is 18.7. The average molecular weight is 395 g/mol. The Hall–Kier alpha value is -1.14. The van der Waals surface area contributed by atoms with Crippen LogP contribution in [0.3, 0.4) is 0 Å². The van der Waals surface area contributed by atoms with Crippen LogP contribution in [-0.2, 0) is 22.5 Å². The van der Waals surface area contributed by atoms with Crippen molar-refractivity contribution in [2.75, 3.05) is 27.2 Å². The van der Waals surface area contributed by atoms with E-state index in [4.69, 9.17) is 16.3 Å². The van der Waals surface area contributed by atoms with Crippen molar-refractivity contribution in [3.05, 3.63) is 45.1 Å². The van der Waals surface area contributed by atoms with Gasteiger partial charge in [0.2, 0.25) is 0 Å². The maximum Gasteiger partial charge on any atom is 0.324 e. The molecule has 1 aromatic heterocycles. The van der Waals surface area contributed by atoms with E-state index >= 15 is 0 Å². The lowest BCUT2D eigenvalue weighted by Gasteiger charge is -2.38. The Morgan fingerprint density at radius 3 is 3.04 bits per heavy atom. The van der Waals surface area contributed by atoms with Crippen molar-refractivity contribution in [1.82, 2.24) is 9.80 Å². The number of thiophene rings is 1. The number of allylic oxidation sites excluding steroid dienone is 3. The second-order valence-corrected chi connectivity index (χ2v) is 8.80. The van der Waals surface area contributed by atoms with E-state index in [2.05, 4.69) is 22.4 Å². The molecule has 0 N–H and O–H groups in total. The summed E-state index contributed by atoms with van der Waals surface area (Å²) >= 11 is 8.31. The van der Waals surface area contributed by atoms with Crippen LogP contribution in [0.2, 0.25) is 0 Å². The summed E-state index contributed by atoms with van der Waals surface area (Å²) in [4.78, 5) is 18.8. The number of ether oxygens (including phenoxy) is 1. The van der Waals surface area contributed by atoms with Crippen molar-refractivity contribution < 1.29 is 9.53 Å². The second kappa shape index (κ2) is 8.70. The van der Waals surface area contributed by atoms with Crippen molar-refractivity contribution in [1.29, 1.82) is 0 Å². The number of hydrogen-bond acceptors (Lipinski definition) is 5. The van der Waals surface area contributed by atoms with Crippen LogP contribution < -0.4 is 0 Å². The highest BCUT2D eigenvalue weighted by molar-refractivity contribution is 7.10. The summed E-state index contributed by atoms with van der Waals surface area (Å²) in [5.74, 6) is -0.203. The molecule has 6 heteroatoms. The Kier molecular flexibility index (Phi) is 6.56. The van der Waals surface area contributed by atoms with Crippen LogP contribution >= 0.6 is 22.9 Å². The fraction of sp³-hybridized carbons (Fsp3) is 0.550. The van der Waals surface area contributed by atoms with E-state index in [0.717, 1.165) is 31.0 Å². The lowest BCUT2D eigenvalue weighted by Crippen LogP contribution is -2.50. The molecular formula is C20H27ClN2O2S. The predicted molar refractivity (Wildman–Crippen MR) is 108 cm³/mol. The molecule has 142 valence electrons. The maximum atomic E-state index is 13.1. The van der Waals surface area contributed by atoms with Gasteiger partial charge in [0, 0.05) is 35.5 Å². The minimum atomic E-state index is -0.346. The molecule has 26 heavy (non-hydrogen) atoms. The van der Waals surface area contributed by atoms with Crippen LogP contribution in [0, 0.1) is 5.92 Å². The molecule has 2 heterocycles. The quantitative estimate of drug-likeness (QED) is 0.689. The van der Waals surface area contributed by atoms with Crippen molar-refractivity contribution in [2.45, 2.75) is 38.5 Å². The molecule has 0 fully saturated rings. The maximum absolute atomic E-state index is 13.1. The zero-order valence-corrected chi connectivity index (χ0v) is 17.2. The number of likely N-dealkylation sites (N-methyl/N-ethyl adjacent to an activating group) is 1. The third-order valence-electron chi connectivity index (χ3n) is 4.93. The van der Waals surface area contributed by atoms with Gasteiger partial charge in [-0.1, -0.05) is 23.8 Å². The minimum Gasteiger partial charge on any atom is -0.460 e. The van der Waals surface area contributed by atoms with Gasteiger partial charge in [-0.05, 0) is 56.9 Å². The highest BCUT2D eigenvalue weighted by Crippen LogP contribution is 2.34. The van der Waals surface area contributed by atoms with E-state index in [-0.39, 0.29) is 24.0 Å². The van der Waals surface area contributed by atoms with Gasteiger partial charge in [0.1, 0.15) is 12.1 Å². The Labute approximate surface area is 165 Å². The van der Waals surface area contributed by atoms with Crippen molar-refractivity contribution in [2.24, 2.45) is 5.92 Å². The van der Waals surface area contributed by atoms with E-state index in [9.17, 15) is 4.79 Å². The van der Waals surface area contributed by atoms with Gasteiger partial charge in [0.15, 0.2) is 0 Å². The summed E-state index contributed by atoms with van der Waals surface area (Å²) in [7, 11) is 3.96. The molecule has 2 aliphatic rings. The molecule has 3 rings (SSSR count). The van der Waals surface area contributed by atoms with Gasteiger partial charge in [-0.3, -0.25) is 9.69 Å². The van der Waals surface area contributed by atoms with Crippen molar-refractivity contribution >= 4 is 28.9 Å². The van der Waals surface area contributed by atoms with E-state index in [1.807, 2.05) is 38.1 Å². The number of halogens is 1. The summed E-state index contributed by atoms with van der Waals surface area (Å²) in [5, 5.41) is 2.88. The van der Waals surface area contributed by atoms with Gasteiger partial charge >= 0.3 is 5.97 Å². The summed E-state index contributed by atoms with van der Waals surface area (Å²) < 4.78 is 5.82. The molecule has 0 amide bonds. The molecule has 0 saturated heterocycles. The lowest BCUT2D eigenvalue weighted by atomic mass is 9.89. The largest absolute Gasteiger partial charge is 0.460 e. The molecule has 1 aromatic rings. The SMILES string of the molecule is CC(CN(C)C)OC(=O)C(C1CC=CC=C1Cl)N1CCc2sccc2C1. The van der Waals surface area contributed by atoms with Crippen LogP contribution in [0.4, 0.5) is 0 Å². The van der Waals surface area contributed by atoms with E-state index in [1.54, 1.807) is 11.3 Å². The summed E-state index contributed by atoms with van der Waals surface area (Å²) in [6, 6.07) is 1.82. The zero-order valence-electron chi connectivity index (χ0n) is 15.7. The Bertz CT molecular complexity index is 698. The second-order valence-electron chi connectivity index (χ2n) is 7.37. The molecule has 0 saturated carbocycles. The fourth-order valence-corrected chi connectivity index (χ4v) is 4.97. The molecule has 1 aliphatic carbocycles. The molecule has 0 bridgehead atoms. The Balaban J connectivity index is 1.79. The fourth-order valence-electron chi connectivity index (χ4n) is 3.80. The van der Waals surface area contributed by atoms with Crippen molar-refractivity contribution in [3.8, 4) is 0 Å². The molecule has 3 unspecified atom stereocenters. The number of hydrogen-bond donors (Lipinski definition) is 0. The highest BCUT2D eigenvalue weighted by atomic mass is 35.5. The number of esters is 1. The van der Waals surface area contributed by atoms with Crippen molar-refractivity contribution in [3.63, 3.8) is 0 Å². The first-order valence-electron chi connectivity index (χ1n) is 9.12. The average Bonchev–Trinajstić information content (AvgIpc) is 3.03. The van der Waals surface area contributed by atoms with Gasteiger partial charge < -0.3 is 9.64 Å². The number of fused-ring (bicyclic) bond motifs is 1. The van der Waals surface area contributed by atoms with E-state index < -0.39 is 0 Å². The molecular weight excluding hydrogens is 368 g/mol. The highest BCUT2D eigenvalue weighted by Gasteiger charge is 2.38. The lowest BCUT2D eigenvalue weighted by molar-refractivity contribution is -0.157. The van der Waals surface area contributed by atoms with E-state index in [1.165, 1.54) is 10.4 Å². The van der Waals surface area contributed by atoms with Crippen LogP contribution in [0.25, 0.3) is 0 Å². The van der Waals surface area contributed by atoms with Gasteiger partial charge in [-0.2, -0.15) is 0 Å². The standard InChI is InChI=1S/C20H27ClN2O2S/c1-14(12-22(2)3)25-20(24)19(16-6-4-5-7-17(16)21)23-10-8-18-15(13-23)9-11-26-18/h4-5,7,9,11,14,16,19H,6,8,10,12-13H2,1-3H3. The monoisotopic (exact) mass is 394 g/mol. The van der Waals surface area contributed by atoms with Gasteiger partial charge in [0.25, 0.3) is 0 Å². The number of rotatable bonds is 6. The summed E-state index contributed by atoms with van der Waals surface area (Å²) in [6.07, 6.45) is 7.55. The van der Waals surface area contributed by atoms with Crippen LogP contribution in [0.15, 0.2) is 34.7 Å². The van der Waals surface area contributed by atoms with Crippen LogP contribution in [-0.4, -0.2) is 55.1 Å². The van der Waals surface area contributed by atoms with Gasteiger partial charge in [-0.15, -0.1) is 11.3 Å².